The minimum Gasteiger partial charge on any atom is -0.0654 e. The van der Waals surface area contributed by atoms with Gasteiger partial charge < -0.3 is 0 Å². The van der Waals surface area contributed by atoms with Crippen LogP contribution in [0.25, 0.3) is 0 Å². The molecule has 0 atom stereocenters. The average Bonchev–Trinajstić information content (AvgIpc) is 2.29. The molecular weight excluding hydrogens is 180 g/mol. The lowest BCUT2D eigenvalue weighted by Gasteiger charge is -2.07. The molecule has 0 N–H and O–H groups in total. The van der Waals surface area contributed by atoms with Gasteiger partial charge in [0, 0.05) is 0 Å². The quantitative estimate of drug-likeness (QED) is 0.597. The van der Waals surface area contributed by atoms with Gasteiger partial charge >= 0.3 is 0 Å². The lowest BCUT2D eigenvalue weighted by Crippen LogP contribution is -1.92. The number of benzene rings is 1. The molecule has 1 aromatic rings. The van der Waals surface area contributed by atoms with Crippen LogP contribution < -0.4 is 0 Å². The van der Waals surface area contributed by atoms with Crippen LogP contribution in [-0.4, -0.2) is 0 Å². The maximum Gasteiger partial charge on any atom is -0.0279 e. The molecule has 0 fully saturated rings. The molecule has 84 valence electrons. The standard InChI is InChI=1S/C15H24/c1-4-7-8-9-15-11-13(5-2)10-14(6-3)12-15/h10-12H,4-9H2,1-3H3. The maximum atomic E-state index is 2.38. The molecule has 0 aliphatic heterocycles. The lowest BCUT2D eigenvalue weighted by molar-refractivity contribution is 0.716. The molecule has 0 amide bonds. The van der Waals surface area contributed by atoms with Gasteiger partial charge in [-0.1, -0.05) is 51.8 Å². The molecule has 15 heavy (non-hydrogen) atoms. The first-order valence-corrected chi connectivity index (χ1v) is 6.41. The van der Waals surface area contributed by atoms with E-state index in [2.05, 4.69) is 39.0 Å². The van der Waals surface area contributed by atoms with Crippen LogP contribution in [0, 0.1) is 0 Å². The van der Waals surface area contributed by atoms with E-state index in [1.165, 1.54) is 36.8 Å². The molecule has 0 saturated carbocycles. The Morgan fingerprint density at radius 2 is 1.27 bits per heavy atom. The van der Waals surface area contributed by atoms with Gasteiger partial charge in [-0.05, 0) is 42.4 Å². The van der Waals surface area contributed by atoms with Crippen molar-refractivity contribution in [3.8, 4) is 0 Å². The van der Waals surface area contributed by atoms with Crippen molar-refractivity contribution in [1.29, 1.82) is 0 Å². The molecule has 0 spiro atoms. The first-order valence-electron chi connectivity index (χ1n) is 6.41. The molecule has 0 bridgehead atoms. The van der Waals surface area contributed by atoms with E-state index in [1.807, 2.05) is 0 Å². The molecule has 1 rings (SSSR count). The summed E-state index contributed by atoms with van der Waals surface area (Å²) in [4.78, 5) is 0. The van der Waals surface area contributed by atoms with E-state index in [-0.39, 0.29) is 0 Å². The van der Waals surface area contributed by atoms with E-state index in [0.29, 0.717) is 0 Å². The fourth-order valence-corrected chi connectivity index (χ4v) is 1.97. The van der Waals surface area contributed by atoms with Crippen LogP contribution >= 0.6 is 0 Å². The van der Waals surface area contributed by atoms with Crippen molar-refractivity contribution < 1.29 is 0 Å². The monoisotopic (exact) mass is 204 g/mol. The Labute approximate surface area is 94.7 Å². The Balaban J connectivity index is 2.68. The van der Waals surface area contributed by atoms with E-state index in [1.54, 1.807) is 5.56 Å². The molecule has 0 nitrogen and oxygen atoms in total. The van der Waals surface area contributed by atoms with Crippen LogP contribution in [-0.2, 0) is 19.3 Å². The third kappa shape index (κ3) is 4.07. The SMILES string of the molecule is CCCCCc1cc(CC)cc(CC)c1. The summed E-state index contributed by atoms with van der Waals surface area (Å²) in [5.74, 6) is 0. The number of rotatable bonds is 6. The summed E-state index contributed by atoms with van der Waals surface area (Å²) >= 11 is 0. The van der Waals surface area contributed by atoms with Crippen LogP contribution in [0.2, 0.25) is 0 Å². The zero-order valence-corrected chi connectivity index (χ0v) is 10.5. The summed E-state index contributed by atoms with van der Waals surface area (Å²) in [6, 6.07) is 7.12. The van der Waals surface area contributed by atoms with Gasteiger partial charge in [0.1, 0.15) is 0 Å². The minimum absolute atomic E-state index is 1.16. The fourth-order valence-electron chi connectivity index (χ4n) is 1.97. The van der Waals surface area contributed by atoms with Crippen molar-refractivity contribution in [2.75, 3.05) is 0 Å². The van der Waals surface area contributed by atoms with Gasteiger partial charge in [0.15, 0.2) is 0 Å². The molecule has 0 unspecified atom stereocenters. The van der Waals surface area contributed by atoms with E-state index >= 15 is 0 Å². The second-order valence-electron chi connectivity index (χ2n) is 4.32. The highest BCUT2D eigenvalue weighted by Crippen LogP contribution is 2.14. The topological polar surface area (TPSA) is 0 Å². The summed E-state index contributed by atoms with van der Waals surface area (Å²) in [6.07, 6.45) is 7.59. The van der Waals surface area contributed by atoms with Gasteiger partial charge in [0.05, 0.1) is 0 Å². The van der Waals surface area contributed by atoms with Crippen molar-refractivity contribution in [3.05, 3.63) is 34.9 Å². The second kappa shape index (κ2) is 6.66. The molecular formula is C15H24. The van der Waals surface area contributed by atoms with Crippen molar-refractivity contribution in [2.24, 2.45) is 0 Å². The molecule has 0 saturated heterocycles. The zero-order valence-electron chi connectivity index (χ0n) is 10.5. The van der Waals surface area contributed by atoms with Gasteiger partial charge in [-0.15, -0.1) is 0 Å². The highest BCUT2D eigenvalue weighted by molar-refractivity contribution is 5.30. The Hall–Kier alpha value is -0.780. The predicted molar refractivity (Wildman–Crippen MR) is 68.4 cm³/mol. The molecule has 0 heteroatoms. The highest BCUT2D eigenvalue weighted by Gasteiger charge is 1.99. The van der Waals surface area contributed by atoms with Crippen molar-refractivity contribution in [1.82, 2.24) is 0 Å². The number of unbranched alkanes of at least 4 members (excludes halogenated alkanes) is 2. The molecule has 0 aliphatic rings. The molecule has 0 aliphatic carbocycles. The van der Waals surface area contributed by atoms with Gasteiger partial charge in [-0.3, -0.25) is 0 Å². The number of hydrogen-bond donors (Lipinski definition) is 0. The van der Waals surface area contributed by atoms with E-state index in [0.717, 1.165) is 12.8 Å². The minimum atomic E-state index is 1.16. The maximum absolute atomic E-state index is 2.38. The van der Waals surface area contributed by atoms with Crippen LogP contribution in [0.5, 0.6) is 0 Å². The zero-order chi connectivity index (χ0) is 11.1. The van der Waals surface area contributed by atoms with Crippen LogP contribution in [0.15, 0.2) is 18.2 Å². The lowest BCUT2D eigenvalue weighted by atomic mass is 9.99. The summed E-state index contributed by atoms with van der Waals surface area (Å²) in [6.45, 7) is 6.75. The van der Waals surface area contributed by atoms with Gasteiger partial charge in [-0.2, -0.15) is 0 Å². The third-order valence-electron chi connectivity index (χ3n) is 3.00. The van der Waals surface area contributed by atoms with Gasteiger partial charge in [0.2, 0.25) is 0 Å². The molecule has 1 aromatic carbocycles. The smallest absolute Gasteiger partial charge is 0.0279 e. The average molecular weight is 204 g/mol. The first kappa shape index (κ1) is 12.3. The number of aryl methyl sites for hydroxylation is 3. The predicted octanol–water partition coefficient (Wildman–Crippen LogP) is 4.54. The van der Waals surface area contributed by atoms with Crippen molar-refractivity contribution in [2.45, 2.75) is 59.3 Å². The molecule has 0 heterocycles. The van der Waals surface area contributed by atoms with E-state index in [9.17, 15) is 0 Å². The third-order valence-corrected chi connectivity index (χ3v) is 3.00. The molecule has 0 aromatic heterocycles. The Morgan fingerprint density at radius 1 is 0.733 bits per heavy atom. The summed E-state index contributed by atoms with van der Waals surface area (Å²) in [5, 5.41) is 0. The second-order valence-corrected chi connectivity index (χ2v) is 4.32. The Kier molecular flexibility index (Phi) is 5.45. The Morgan fingerprint density at radius 3 is 1.73 bits per heavy atom. The van der Waals surface area contributed by atoms with Crippen LogP contribution in [0.3, 0.4) is 0 Å². The highest BCUT2D eigenvalue weighted by atomic mass is 14.0. The van der Waals surface area contributed by atoms with Gasteiger partial charge in [0.25, 0.3) is 0 Å². The van der Waals surface area contributed by atoms with Crippen molar-refractivity contribution >= 4 is 0 Å². The number of hydrogen-bond acceptors (Lipinski definition) is 0. The summed E-state index contributed by atoms with van der Waals surface area (Å²) in [5.41, 5.74) is 4.54. The fraction of sp³-hybridized carbons (Fsp3) is 0.600. The van der Waals surface area contributed by atoms with E-state index < -0.39 is 0 Å². The normalized spacial score (nSPS) is 10.6. The summed E-state index contributed by atoms with van der Waals surface area (Å²) < 4.78 is 0. The summed E-state index contributed by atoms with van der Waals surface area (Å²) in [7, 11) is 0. The Bertz CT molecular complexity index is 264. The largest absolute Gasteiger partial charge is 0.0654 e. The molecule has 0 radical (unpaired) electrons. The van der Waals surface area contributed by atoms with Crippen LogP contribution in [0.1, 0.15) is 56.7 Å². The van der Waals surface area contributed by atoms with Crippen molar-refractivity contribution in [3.63, 3.8) is 0 Å². The van der Waals surface area contributed by atoms with Crippen LogP contribution in [0.4, 0.5) is 0 Å². The van der Waals surface area contributed by atoms with E-state index in [4.69, 9.17) is 0 Å². The first-order chi connectivity index (χ1) is 7.30. The van der Waals surface area contributed by atoms with Gasteiger partial charge in [-0.25, -0.2) is 0 Å².